The van der Waals surface area contributed by atoms with E-state index in [1.807, 2.05) is 42.5 Å². The van der Waals surface area contributed by atoms with Crippen LogP contribution in [0.15, 0.2) is 42.5 Å². The summed E-state index contributed by atoms with van der Waals surface area (Å²) in [5.41, 5.74) is 4.14. The molecular formula is C16H16N4O2. The third-order valence-electron chi connectivity index (χ3n) is 3.49. The summed E-state index contributed by atoms with van der Waals surface area (Å²) in [6.45, 7) is 0. The van der Waals surface area contributed by atoms with Crippen molar-refractivity contribution in [3.05, 3.63) is 42.5 Å². The van der Waals surface area contributed by atoms with E-state index in [-0.39, 0.29) is 0 Å². The molecule has 0 radical (unpaired) electrons. The van der Waals surface area contributed by atoms with Crippen LogP contribution >= 0.6 is 0 Å². The van der Waals surface area contributed by atoms with Crippen molar-refractivity contribution in [1.82, 2.24) is 10.2 Å². The molecule has 0 saturated carbocycles. The van der Waals surface area contributed by atoms with Crippen molar-refractivity contribution >= 4 is 16.6 Å². The summed E-state index contributed by atoms with van der Waals surface area (Å²) >= 11 is 0. The molecule has 0 fully saturated rings. The predicted octanol–water partition coefficient (Wildman–Crippen LogP) is 2.60. The molecule has 3 N–H and O–H groups in total. The fourth-order valence-corrected chi connectivity index (χ4v) is 2.40. The normalized spacial score (nSPS) is 10.5. The van der Waals surface area contributed by atoms with E-state index < -0.39 is 0 Å². The molecule has 0 aliphatic carbocycles. The highest BCUT2D eigenvalue weighted by atomic mass is 16.5. The van der Waals surface area contributed by atoms with Crippen molar-refractivity contribution in [3.8, 4) is 22.8 Å². The summed E-state index contributed by atoms with van der Waals surface area (Å²) < 4.78 is 10.7. The first kappa shape index (κ1) is 14.1. The van der Waals surface area contributed by atoms with Crippen LogP contribution in [-0.2, 0) is 0 Å². The molecule has 3 aromatic rings. The van der Waals surface area contributed by atoms with Gasteiger partial charge in [-0.25, -0.2) is 5.84 Å². The lowest BCUT2D eigenvalue weighted by atomic mass is 10.0. The van der Waals surface area contributed by atoms with Crippen molar-refractivity contribution in [3.63, 3.8) is 0 Å². The van der Waals surface area contributed by atoms with Gasteiger partial charge in [-0.2, -0.15) is 0 Å². The number of aromatic nitrogens is 2. The van der Waals surface area contributed by atoms with Gasteiger partial charge in [-0.1, -0.05) is 24.3 Å². The third-order valence-corrected chi connectivity index (χ3v) is 3.49. The lowest BCUT2D eigenvalue weighted by Gasteiger charge is -2.12. The number of anilines is 1. The molecule has 6 nitrogen and oxygen atoms in total. The van der Waals surface area contributed by atoms with Gasteiger partial charge < -0.3 is 14.9 Å². The maximum atomic E-state index is 5.50. The van der Waals surface area contributed by atoms with E-state index in [1.165, 1.54) is 0 Å². The summed E-state index contributed by atoms with van der Waals surface area (Å²) in [5.74, 6) is 7.43. The fourth-order valence-electron chi connectivity index (χ4n) is 2.40. The highest BCUT2D eigenvalue weighted by Gasteiger charge is 2.14. The molecule has 0 amide bonds. The largest absolute Gasteiger partial charge is 0.497 e. The van der Waals surface area contributed by atoms with Gasteiger partial charge in [0.15, 0.2) is 5.82 Å². The SMILES string of the molecule is COc1ccc(-c2nnc(NN)c3ccccc23)c(OC)c1. The number of hydrazine groups is 1. The highest BCUT2D eigenvalue weighted by Crippen LogP contribution is 2.36. The standard InChI is InChI=1S/C16H16N4O2/c1-21-10-7-8-13(14(9-10)22-2)15-11-5-3-4-6-12(11)16(18-17)20-19-15/h3-9H,17H2,1-2H3,(H,18,20). The van der Waals surface area contributed by atoms with Crippen LogP contribution in [0.2, 0.25) is 0 Å². The molecule has 22 heavy (non-hydrogen) atoms. The number of nitrogens with zero attached hydrogens (tertiary/aromatic N) is 2. The monoisotopic (exact) mass is 296 g/mol. The number of nitrogens with two attached hydrogens (primary N) is 1. The number of benzene rings is 2. The van der Waals surface area contributed by atoms with E-state index in [0.29, 0.717) is 11.6 Å². The van der Waals surface area contributed by atoms with E-state index in [9.17, 15) is 0 Å². The van der Waals surface area contributed by atoms with Crippen LogP contribution < -0.4 is 20.7 Å². The zero-order chi connectivity index (χ0) is 15.5. The van der Waals surface area contributed by atoms with Gasteiger partial charge in [-0.3, -0.25) is 0 Å². The Morgan fingerprint density at radius 1 is 0.955 bits per heavy atom. The summed E-state index contributed by atoms with van der Waals surface area (Å²) in [6, 6.07) is 13.4. The van der Waals surface area contributed by atoms with Crippen LogP contribution in [0, 0.1) is 0 Å². The summed E-state index contributed by atoms with van der Waals surface area (Å²) in [7, 11) is 3.23. The first-order valence-electron chi connectivity index (χ1n) is 6.73. The zero-order valence-corrected chi connectivity index (χ0v) is 12.3. The van der Waals surface area contributed by atoms with Crippen molar-refractivity contribution in [2.75, 3.05) is 19.6 Å². The van der Waals surface area contributed by atoms with Gasteiger partial charge in [0.25, 0.3) is 0 Å². The lowest BCUT2D eigenvalue weighted by molar-refractivity contribution is 0.395. The van der Waals surface area contributed by atoms with E-state index in [4.69, 9.17) is 15.3 Å². The van der Waals surface area contributed by atoms with Gasteiger partial charge in [-0.15, -0.1) is 10.2 Å². The average molecular weight is 296 g/mol. The van der Waals surface area contributed by atoms with Crippen LogP contribution in [0.5, 0.6) is 11.5 Å². The summed E-state index contributed by atoms with van der Waals surface area (Å²) in [4.78, 5) is 0. The van der Waals surface area contributed by atoms with Gasteiger partial charge >= 0.3 is 0 Å². The molecule has 2 aromatic carbocycles. The van der Waals surface area contributed by atoms with Gasteiger partial charge in [0, 0.05) is 22.4 Å². The maximum absolute atomic E-state index is 5.50. The summed E-state index contributed by atoms with van der Waals surface area (Å²) in [6.07, 6.45) is 0. The molecule has 0 unspecified atom stereocenters. The Balaban J connectivity index is 2.27. The Morgan fingerprint density at radius 3 is 2.41 bits per heavy atom. The van der Waals surface area contributed by atoms with Crippen LogP contribution in [0.25, 0.3) is 22.0 Å². The van der Waals surface area contributed by atoms with E-state index in [1.54, 1.807) is 14.2 Å². The first-order valence-corrected chi connectivity index (χ1v) is 6.73. The van der Waals surface area contributed by atoms with E-state index in [2.05, 4.69) is 15.6 Å². The van der Waals surface area contributed by atoms with Gasteiger partial charge in [0.05, 0.1) is 14.2 Å². The number of hydrogen-bond donors (Lipinski definition) is 2. The Morgan fingerprint density at radius 2 is 1.73 bits per heavy atom. The summed E-state index contributed by atoms with van der Waals surface area (Å²) in [5, 5.41) is 10.3. The number of rotatable bonds is 4. The van der Waals surface area contributed by atoms with Crippen LogP contribution in [0.4, 0.5) is 5.82 Å². The molecular weight excluding hydrogens is 280 g/mol. The Bertz CT molecular complexity index is 820. The average Bonchev–Trinajstić information content (AvgIpc) is 2.60. The van der Waals surface area contributed by atoms with Crippen molar-refractivity contribution in [2.24, 2.45) is 5.84 Å². The predicted molar refractivity (Wildman–Crippen MR) is 85.9 cm³/mol. The molecule has 0 aliphatic rings. The molecule has 0 bridgehead atoms. The van der Waals surface area contributed by atoms with Gasteiger partial charge in [-0.05, 0) is 12.1 Å². The maximum Gasteiger partial charge on any atom is 0.170 e. The minimum atomic E-state index is 0.534. The van der Waals surface area contributed by atoms with Gasteiger partial charge in [0.1, 0.15) is 17.2 Å². The number of ether oxygens (including phenoxy) is 2. The van der Waals surface area contributed by atoms with Crippen LogP contribution in [0.1, 0.15) is 0 Å². The van der Waals surface area contributed by atoms with Crippen LogP contribution in [-0.4, -0.2) is 24.4 Å². The molecule has 6 heteroatoms. The molecule has 3 rings (SSSR count). The van der Waals surface area contributed by atoms with Crippen LogP contribution in [0.3, 0.4) is 0 Å². The number of hydrogen-bond acceptors (Lipinski definition) is 6. The minimum Gasteiger partial charge on any atom is -0.497 e. The topological polar surface area (TPSA) is 82.3 Å². The molecule has 0 spiro atoms. The number of nitrogens with one attached hydrogen (secondary N) is 1. The molecule has 1 heterocycles. The molecule has 0 atom stereocenters. The number of fused-ring (bicyclic) bond motifs is 1. The Labute approximate surface area is 127 Å². The van der Waals surface area contributed by atoms with Crippen molar-refractivity contribution in [1.29, 1.82) is 0 Å². The second-order valence-corrected chi connectivity index (χ2v) is 4.65. The second-order valence-electron chi connectivity index (χ2n) is 4.65. The molecule has 0 aliphatic heterocycles. The quantitative estimate of drug-likeness (QED) is 0.569. The highest BCUT2D eigenvalue weighted by molar-refractivity contribution is 6.00. The van der Waals surface area contributed by atoms with E-state index in [0.717, 1.165) is 27.8 Å². The second kappa shape index (κ2) is 5.87. The smallest absolute Gasteiger partial charge is 0.170 e. The number of methoxy groups -OCH3 is 2. The zero-order valence-electron chi connectivity index (χ0n) is 12.3. The lowest BCUT2D eigenvalue weighted by Crippen LogP contribution is -2.10. The Kier molecular flexibility index (Phi) is 3.76. The van der Waals surface area contributed by atoms with Crippen molar-refractivity contribution in [2.45, 2.75) is 0 Å². The van der Waals surface area contributed by atoms with Gasteiger partial charge in [0.2, 0.25) is 0 Å². The molecule has 112 valence electrons. The Hall–Kier alpha value is -2.86. The molecule has 0 saturated heterocycles. The van der Waals surface area contributed by atoms with Crippen molar-refractivity contribution < 1.29 is 9.47 Å². The number of nitrogen functional groups attached to an aromatic ring is 1. The molecule has 1 aromatic heterocycles. The van der Waals surface area contributed by atoms with E-state index >= 15 is 0 Å². The fraction of sp³-hybridized carbons (Fsp3) is 0.125. The first-order chi connectivity index (χ1) is 10.8. The third kappa shape index (κ3) is 2.29. The minimum absolute atomic E-state index is 0.534.